The second-order valence-electron chi connectivity index (χ2n) is 11.3. The summed E-state index contributed by atoms with van der Waals surface area (Å²) >= 11 is 0. The molecule has 8 nitrogen and oxygen atoms in total. The number of rotatable bonds is 3. The number of nitro groups is 1. The Morgan fingerprint density at radius 2 is 1.07 bits per heavy atom. The fourth-order valence-corrected chi connectivity index (χ4v) is 8.60. The molecule has 5 aromatic carbocycles. The van der Waals surface area contributed by atoms with Crippen LogP contribution in [0.4, 0.5) is 5.69 Å². The molecule has 8 bridgehead atoms. The lowest BCUT2D eigenvalue weighted by Crippen LogP contribution is -2.31. The third-order valence-electron chi connectivity index (χ3n) is 8.90. The van der Waals surface area contributed by atoms with Gasteiger partial charge in [0, 0.05) is 75.9 Å². The van der Waals surface area contributed by atoms with Crippen molar-refractivity contribution in [2.24, 2.45) is 0 Å². The molecule has 0 atom stereocenters. The molecule has 0 aliphatic carbocycles. The predicted octanol–water partition coefficient (Wildman–Crippen LogP) is 7.61. The summed E-state index contributed by atoms with van der Waals surface area (Å²) in [7, 11) is -4.32. The summed E-state index contributed by atoms with van der Waals surface area (Å²) in [5, 5.41) is 16.1. The lowest BCUT2D eigenvalue weighted by atomic mass is 10.0. The van der Waals surface area contributed by atoms with E-state index < -0.39 is 20.6 Å². The van der Waals surface area contributed by atoms with Crippen LogP contribution in [0.2, 0.25) is 0 Å². The topological polar surface area (TPSA) is 90.4 Å². The van der Waals surface area contributed by atoms with E-state index in [1.165, 1.54) is 28.6 Å². The third kappa shape index (κ3) is 3.97. The Balaban J connectivity index is 1.43. The van der Waals surface area contributed by atoms with Crippen molar-refractivity contribution in [3.63, 3.8) is 0 Å². The van der Waals surface area contributed by atoms with Gasteiger partial charge < -0.3 is 9.13 Å². The van der Waals surface area contributed by atoms with Crippen LogP contribution in [-0.2, 0) is 36.2 Å². The molecule has 44 heavy (non-hydrogen) atoms. The SMILES string of the molecule is O=[N+]([O-])c1ccccc1S(=O)(=O)N1Cc2cccc3c2c2ccccc2n3CCCn2c3ccccc3c3c(cccc32)C1. The van der Waals surface area contributed by atoms with E-state index in [4.69, 9.17) is 0 Å². The van der Waals surface area contributed by atoms with Gasteiger partial charge in [0.15, 0.2) is 4.90 Å². The van der Waals surface area contributed by atoms with E-state index in [9.17, 15) is 18.5 Å². The molecule has 8 rings (SSSR count). The van der Waals surface area contributed by atoms with E-state index in [-0.39, 0.29) is 18.0 Å². The number of benzene rings is 5. The standard InChI is InChI=1S/C35H28N4O4S/c40-39(41)30-16-5-6-19-33(30)44(42,43)36-22-24-10-7-17-31-34(24)26-12-1-3-14-28(26)37(31)20-9-21-38-29-15-4-2-13-27(29)35-25(23-36)11-8-18-32(35)38/h1-8,10-19H,9,20-23H2. The molecular formula is C35H28N4O4S. The zero-order chi connectivity index (χ0) is 30.0. The highest BCUT2D eigenvalue weighted by Gasteiger charge is 2.33. The van der Waals surface area contributed by atoms with Crippen LogP contribution in [0, 0.1) is 10.1 Å². The fraction of sp³-hybridized carbons (Fsp3) is 0.143. The Kier molecular flexibility index (Phi) is 6.08. The molecular weight excluding hydrogens is 572 g/mol. The maximum Gasteiger partial charge on any atom is 0.289 e. The van der Waals surface area contributed by atoms with Crippen molar-refractivity contribution in [2.75, 3.05) is 0 Å². The number of para-hydroxylation sites is 3. The van der Waals surface area contributed by atoms with Gasteiger partial charge >= 0.3 is 0 Å². The maximum absolute atomic E-state index is 14.6. The highest BCUT2D eigenvalue weighted by Crippen LogP contribution is 2.38. The first-order valence-electron chi connectivity index (χ1n) is 14.6. The van der Waals surface area contributed by atoms with E-state index in [2.05, 4.69) is 45.5 Å². The van der Waals surface area contributed by atoms with Gasteiger partial charge in [-0.1, -0.05) is 72.8 Å². The van der Waals surface area contributed by atoms with Crippen molar-refractivity contribution in [3.05, 3.63) is 130 Å². The van der Waals surface area contributed by atoms with Crippen LogP contribution in [-0.4, -0.2) is 26.8 Å². The van der Waals surface area contributed by atoms with Gasteiger partial charge in [-0.05, 0) is 47.9 Å². The van der Waals surface area contributed by atoms with Gasteiger partial charge in [-0.25, -0.2) is 8.42 Å². The minimum atomic E-state index is -4.32. The molecule has 0 spiro atoms. The van der Waals surface area contributed by atoms with E-state index in [1.54, 1.807) is 0 Å². The van der Waals surface area contributed by atoms with Crippen LogP contribution < -0.4 is 0 Å². The first kappa shape index (κ1) is 26.6. The van der Waals surface area contributed by atoms with Gasteiger partial charge in [0.1, 0.15) is 0 Å². The number of nitro benzene ring substituents is 1. The van der Waals surface area contributed by atoms with Crippen molar-refractivity contribution in [2.45, 2.75) is 37.5 Å². The van der Waals surface area contributed by atoms with Crippen molar-refractivity contribution in [1.82, 2.24) is 13.4 Å². The van der Waals surface area contributed by atoms with Gasteiger partial charge in [0.2, 0.25) is 0 Å². The second kappa shape index (κ2) is 10.0. The van der Waals surface area contributed by atoms with E-state index >= 15 is 0 Å². The summed E-state index contributed by atoms with van der Waals surface area (Å²) in [5.74, 6) is 0. The zero-order valence-electron chi connectivity index (χ0n) is 23.8. The Morgan fingerprint density at radius 3 is 1.61 bits per heavy atom. The number of fused-ring (bicyclic) bond motifs is 4. The predicted molar refractivity (Wildman–Crippen MR) is 173 cm³/mol. The molecule has 0 N–H and O–H groups in total. The number of aromatic nitrogens is 2. The smallest absolute Gasteiger partial charge is 0.289 e. The number of hydrogen-bond acceptors (Lipinski definition) is 4. The summed E-state index contributed by atoms with van der Waals surface area (Å²) < 4.78 is 35.2. The lowest BCUT2D eigenvalue weighted by Gasteiger charge is -2.24. The maximum atomic E-state index is 14.6. The number of nitrogens with zero attached hydrogens (tertiary/aromatic N) is 4. The molecule has 0 radical (unpaired) electrons. The van der Waals surface area contributed by atoms with Crippen molar-refractivity contribution in [3.8, 4) is 0 Å². The molecule has 218 valence electrons. The second-order valence-corrected chi connectivity index (χ2v) is 13.2. The molecule has 0 amide bonds. The highest BCUT2D eigenvalue weighted by atomic mass is 32.2. The van der Waals surface area contributed by atoms with Gasteiger partial charge in [-0.2, -0.15) is 4.31 Å². The van der Waals surface area contributed by atoms with Crippen LogP contribution in [0.3, 0.4) is 0 Å². The Bertz CT molecular complexity index is 2270. The monoisotopic (exact) mass is 600 g/mol. The minimum absolute atomic E-state index is 0.0504. The molecule has 3 heterocycles. The lowest BCUT2D eigenvalue weighted by molar-refractivity contribution is -0.387. The zero-order valence-corrected chi connectivity index (χ0v) is 24.6. The summed E-state index contributed by atoms with van der Waals surface area (Å²) in [5.41, 5.74) is 5.56. The summed E-state index contributed by atoms with van der Waals surface area (Å²) in [4.78, 5) is 11.1. The molecule has 0 saturated carbocycles. The van der Waals surface area contributed by atoms with Crippen molar-refractivity contribution >= 4 is 59.3 Å². The van der Waals surface area contributed by atoms with Gasteiger partial charge in [-0.15, -0.1) is 0 Å². The molecule has 0 fully saturated rings. The van der Waals surface area contributed by atoms with Gasteiger partial charge in [0.25, 0.3) is 15.7 Å². The van der Waals surface area contributed by atoms with Crippen molar-refractivity contribution < 1.29 is 13.3 Å². The number of hydrogen-bond donors (Lipinski definition) is 0. The summed E-state index contributed by atoms with van der Waals surface area (Å²) in [6.45, 7) is 1.68. The van der Waals surface area contributed by atoms with Crippen LogP contribution in [0.15, 0.2) is 114 Å². The third-order valence-corrected chi connectivity index (χ3v) is 10.7. The largest absolute Gasteiger partial charge is 0.340 e. The van der Waals surface area contributed by atoms with Crippen LogP contribution in [0.25, 0.3) is 43.6 Å². The van der Waals surface area contributed by atoms with Crippen LogP contribution in [0.5, 0.6) is 0 Å². The Hall–Kier alpha value is -4.99. The molecule has 1 aliphatic rings. The van der Waals surface area contributed by atoms with E-state index in [0.717, 1.165) is 74.2 Å². The average molecular weight is 601 g/mol. The molecule has 0 saturated heterocycles. The van der Waals surface area contributed by atoms with Crippen LogP contribution in [0.1, 0.15) is 17.5 Å². The summed E-state index contributed by atoms with van der Waals surface area (Å²) in [6.07, 6.45) is 0.911. The van der Waals surface area contributed by atoms with Crippen molar-refractivity contribution in [1.29, 1.82) is 0 Å². The normalized spacial score (nSPS) is 14.6. The highest BCUT2D eigenvalue weighted by molar-refractivity contribution is 7.89. The van der Waals surface area contributed by atoms with E-state index in [1.807, 2.05) is 48.5 Å². The number of aryl methyl sites for hydroxylation is 2. The quantitative estimate of drug-likeness (QED) is 0.154. The molecule has 9 heteroatoms. The van der Waals surface area contributed by atoms with E-state index in [0.29, 0.717) is 0 Å². The Morgan fingerprint density at radius 1 is 0.591 bits per heavy atom. The fourth-order valence-electron chi connectivity index (χ4n) is 7.05. The first-order valence-corrected chi connectivity index (χ1v) is 16.1. The van der Waals surface area contributed by atoms with Gasteiger partial charge in [0.05, 0.1) is 4.92 Å². The number of sulfonamides is 1. The first-order chi connectivity index (χ1) is 21.4. The molecule has 2 aromatic heterocycles. The van der Waals surface area contributed by atoms with Gasteiger partial charge in [-0.3, -0.25) is 10.1 Å². The average Bonchev–Trinajstić information content (AvgIpc) is 3.54. The molecule has 1 aliphatic heterocycles. The van der Waals surface area contributed by atoms with Crippen LogP contribution >= 0.6 is 0 Å². The molecule has 0 unspecified atom stereocenters. The Labute approximate surface area is 253 Å². The molecule has 7 aromatic rings. The summed E-state index contributed by atoms with van der Waals surface area (Å²) in [6, 6.07) is 34.2. The minimum Gasteiger partial charge on any atom is -0.340 e.